The van der Waals surface area contributed by atoms with Crippen LogP contribution in [0.15, 0.2) is 12.2 Å². The predicted molar refractivity (Wildman–Crippen MR) is 58.0 cm³/mol. The average molecular weight is 254 g/mol. The highest BCUT2D eigenvalue weighted by atomic mass is 32.2. The summed E-state index contributed by atoms with van der Waals surface area (Å²) in [6.07, 6.45) is 3.18. The normalized spacial score (nSPS) is 41.8. The van der Waals surface area contributed by atoms with Crippen molar-refractivity contribution < 1.29 is 23.9 Å². The number of carbonyl (C=O) groups is 3. The highest BCUT2D eigenvalue weighted by molar-refractivity contribution is 8.13. The fraction of sp³-hybridized carbons (Fsp3) is 0.545. The van der Waals surface area contributed by atoms with Gasteiger partial charge < -0.3 is 9.47 Å². The molecule has 4 atom stereocenters. The summed E-state index contributed by atoms with van der Waals surface area (Å²) in [5.41, 5.74) is -0.838. The summed E-state index contributed by atoms with van der Waals surface area (Å²) in [6, 6.07) is 0. The molecular formula is C11H10O5S. The van der Waals surface area contributed by atoms with Gasteiger partial charge in [-0.2, -0.15) is 0 Å². The van der Waals surface area contributed by atoms with Gasteiger partial charge >= 0.3 is 11.9 Å². The Hall–Kier alpha value is -1.14. The van der Waals surface area contributed by atoms with Crippen molar-refractivity contribution in [3.05, 3.63) is 12.2 Å². The molecule has 0 radical (unpaired) electrons. The number of esters is 2. The molecule has 3 aliphatic heterocycles. The molecule has 0 saturated carbocycles. The van der Waals surface area contributed by atoms with Crippen molar-refractivity contribution in [1.82, 2.24) is 0 Å². The number of ether oxygens (including phenoxy) is 2. The molecule has 6 heteroatoms. The number of hydrogen-bond acceptors (Lipinski definition) is 6. The van der Waals surface area contributed by atoms with Crippen LogP contribution in [0.2, 0.25) is 0 Å². The zero-order valence-electron chi connectivity index (χ0n) is 9.04. The Bertz CT molecular complexity index is 457. The molecule has 5 nitrogen and oxygen atoms in total. The standard InChI is InChI=1S/C11H10O5S/c1-5(12)17-4-11-3-2-6(16-11)7-8(11)10(14)15-9(7)13/h2-3,6-8H,4H2,1H3/t6-,7-,8+,11-/m0/s1. The fourth-order valence-corrected chi connectivity index (χ4v) is 3.46. The minimum Gasteiger partial charge on any atom is -0.393 e. The molecular weight excluding hydrogens is 244 g/mol. The van der Waals surface area contributed by atoms with Gasteiger partial charge in [0.2, 0.25) is 0 Å². The zero-order valence-corrected chi connectivity index (χ0v) is 9.86. The predicted octanol–water partition coefficient (Wildman–Crippen LogP) is 0.289. The number of thioether (sulfide) groups is 1. The van der Waals surface area contributed by atoms with Gasteiger partial charge in [0.25, 0.3) is 0 Å². The molecule has 0 aromatic rings. The van der Waals surface area contributed by atoms with Crippen LogP contribution >= 0.6 is 11.8 Å². The molecule has 17 heavy (non-hydrogen) atoms. The van der Waals surface area contributed by atoms with E-state index in [-0.39, 0.29) is 11.2 Å². The van der Waals surface area contributed by atoms with Crippen LogP contribution in [-0.2, 0) is 23.9 Å². The number of carbonyl (C=O) groups excluding carboxylic acids is 3. The van der Waals surface area contributed by atoms with Crippen LogP contribution in [0.3, 0.4) is 0 Å². The molecule has 3 heterocycles. The van der Waals surface area contributed by atoms with Gasteiger partial charge in [0, 0.05) is 12.7 Å². The van der Waals surface area contributed by atoms with E-state index in [0.29, 0.717) is 5.75 Å². The van der Waals surface area contributed by atoms with Crippen molar-refractivity contribution >= 4 is 28.8 Å². The number of hydrogen-bond donors (Lipinski definition) is 0. The van der Waals surface area contributed by atoms with Gasteiger partial charge in [0.05, 0.1) is 6.10 Å². The number of rotatable bonds is 2. The van der Waals surface area contributed by atoms with Crippen LogP contribution in [0.5, 0.6) is 0 Å². The third-order valence-corrected chi connectivity index (χ3v) is 4.39. The molecule has 0 aromatic heterocycles. The Kier molecular flexibility index (Phi) is 2.21. The van der Waals surface area contributed by atoms with E-state index in [1.165, 1.54) is 6.92 Å². The van der Waals surface area contributed by atoms with Gasteiger partial charge in [0.15, 0.2) is 5.12 Å². The molecule has 0 spiro atoms. The first-order valence-corrected chi connectivity index (χ1v) is 6.28. The van der Waals surface area contributed by atoms with Crippen LogP contribution in [0.4, 0.5) is 0 Å². The summed E-state index contributed by atoms with van der Waals surface area (Å²) in [4.78, 5) is 34.2. The second-order valence-electron chi connectivity index (χ2n) is 4.42. The maximum atomic E-state index is 11.7. The monoisotopic (exact) mass is 254 g/mol. The van der Waals surface area contributed by atoms with Crippen molar-refractivity contribution in [3.8, 4) is 0 Å². The highest BCUT2D eigenvalue weighted by Gasteiger charge is 2.66. The van der Waals surface area contributed by atoms with E-state index >= 15 is 0 Å². The van der Waals surface area contributed by atoms with E-state index in [0.717, 1.165) is 11.8 Å². The van der Waals surface area contributed by atoms with Crippen LogP contribution in [0, 0.1) is 11.8 Å². The highest BCUT2D eigenvalue weighted by Crippen LogP contribution is 2.52. The van der Waals surface area contributed by atoms with Crippen molar-refractivity contribution in [3.63, 3.8) is 0 Å². The van der Waals surface area contributed by atoms with Gasteiger partial charge in [-0.05, 0) is 0 Å². The molecule has 2 fully saturated rings. The van der Waals surface area contributed by atoms with Gasteiger partial charge in [-0.25, -0.2) is 0 Å². The first kappa shape index (κ1) is 11.0. The lowest BCUT2D eigenvalue weighted by atomic mass is 9.78. The van der Waals surface area contributed by atoms with Gasteiger partial charge in [0.1, 0.15) is 17.4 Å². The molecule has 2 saturated heterocycles. The summed E-state index contributed by atoms with van der Waals surface area (Å²) in [6.45, 7) is 1.46. The third-order valence-electron chi connectivity index (χ3n) is 3.39. The Labute approximate surface area is 102 Å². The van der Waals surface area contributed by atoms with E-state index in [1.807, 2.05) is 0 Å². The van der Waals surface area contributed by atoms with E-state index in [4.69, 9.17) is 4.74 Å². The van der Waals surface area contributed by atoms with Crippen LogP contribution in [-0.4, -0.2) is 34.5 Å². The first-order chi connectivity index (χ1) is 8.03. The van der Waals surface area contributed by atoms with Crippen molar-refractivity contribution in [1.29, 1.82) is 0 Å². The molecule has 0 aromatic carbocycles. The summed E-state index contributed by atoms with van der Waals surface area (Å²) in [5, 5.41) is -0.0408. The minimum absolute atomic E-state index is 0.0408. The van der Waals surface area contributed by atoms with Crippen LogP contribution < -0.4 is 0 Å². The van der Waals surface area contributed by atoms with Crippen molar-refractivity contribution in [2.24, 2.45) is 11.8 Å². The molecule has 0 unspecified atom stereocenters. The maximum Gasteiger partial charge on any atom is 0.320 e. The molecule has 0 amide bonds. The lowest BCUT2D eigenvalue weighted by molar-refractivity contribution is -0.157. The third kappa shape index (κ3) is 1.40. The largest absolute Gasteiger partial charge is 0.393 e. The van der Waals surface area contributed by atoms with Crippen LogP contribution in [0.25, 0.3) is 0 Å². The Morgan fingerprint density at radius 2 is 2.24 bits per heavy atom. The molecule has 0 aliphatic carbocycles. The molecule has 3 rings (SSSR count). The van der Waals surface area contributed by atoms with Crippen LogP contribution in [0.1, 0.15) is 6.92 Å². The Morgan fingerprint density at radius 1 is 1.47 bits per heavy atom. The second kappa shape index (κ2) is 3.43. The number of fused-ring (bicyclic) bond motifs is 5. The molecule has 3 aliphatic rings. The quantitative estimate of drug-likeness (QED) is 0.401. The van der Waals surface area contributed by atoms with E-state index < -0.39 is 29.4 Å². The van der Waals surface area contributed by atoms with E-state index in [1.54, 1.807) is 12.2 Å². The molecule has 0 N–H and O–H groups in total. The SMILES string of the molecule is CC(=O)SC[C@]12C=C[C@H](O1)[C@@H]1C(=O)OC(=O)[C@@H]12. The van der Waals surface area contributed by atoms with E-state index in [2.05, 4.69) is 4.74 Å². The summed E-state index contributed by atoms with van der Waals surface area (Å²) in [5.74, 6) is -1.81. The topological polar surface area (TPSA) is 69.7 Å². The Balaban J connectivity index is 1.91. The van der Waals surface area contributed by atoms with Crippen molar-refractivity contribution in [2.75, 3.05) is 5.75 Å². The summed E-state index contributed by atoms with van der Waals surface area (Å²) < 4.78 is 10.4. The first-order valence-electron chi connectivity index (χ1n) is 5.29. The average Bonchev–Trinajstić information content (AvgIpc) is 2.88. The Morgan fingerprint density at radius 3 is 2.94 bits per heavy atom. The summed E-state index contributed by atoms with van der Waals surface area (Å²) >= 11 is 1.10. The maximum absolute atomic E-state index is 11.7. The fourth-order valence-electron chi connectivity index (χ4n) is 2.69. The van der Waals surface area contributed by atoms with Gasteiger partial charge in [-0.1, -0.05) is 23.9 Å². The smallest absolute Gasteiger partial charge is 0.320 e. The molecule has 2 bridgehead atoms. The van der Waals surface area contributed by atoms with Gasteiger partial charge in [-0.3, -0.25) is 14.4 Å². The van der Waals surface area contributed by atoms with Crippen molar-refractivity contribution in [2.45, 2.75) is 18.6 Å². The molecule has 90 valence electrons. The van der Waals surface area contributed by atoms with E-state index in [9.17, 15) is 14.4 Å². The minimum atomic E-state index is -0.838. The summed E-state index contributed by atoms with van der Waals surface area (Å²) in [7, 11) is 0. The number of cyclic esters (lactones) is 2. The zero-order chi connectivity index (χ0) is 12.2. The lowest BCUT2D eigenvalue weighted by Gasteiger charge is -2.25. The lowest BCUT2D eigenvalue weighted by Crippen LogP contribution is -2.40. The second-order valence-corrected chi connectivity index (χ2v) is 5.57. The van der Waals surface area contributed by atoms with Gasteiger partial charge in [-0.15, -0.1) is 0 Å².